The van der Waals surface area contributed by atoms with Crippen molar-refractivity contribution in [2.45, 2.75) is 6.92 Å². The van der Waals surface area contributed by atoms with Crippen LogP contribution in [0.1, 0.15) is 5.76 Å². The van der Waals surface area contributed by atoms with Crippen LogP contribution in [0.3, 0.4) is 0 Å². The number of aryl methyl sites for hydroxylation is 1. The average molecular weight is 204 g/mol. The Balaban J connectivity index is 2.59. The highest BCUT2D eigenvalue weighted by Crippen LogP contribution is 2.31. The molecule has 0 amide bonds. The number of rotatable bonds is 2. The van der Waals surface area contributed by atoms with E-state index in [9.17, 15) is 10.1 Å². The Bertz CT molecular complexity index is 491. The minimum absolute atomic E-state index is 0.0683. The van der Waals surface area contributed by atoms with E-state index in [1.54, 1.807) is 24.3 Å². The molecule has 0 saturated carbocycles. The van der Waals surface area contributed by atoms with Crippen LogP contribution in [0.4, 0.5) is 5.69 Å². The van der Waals surface area contributed by atoms with Crippen LogP contribution in [0, 0.1) is 17.0 Å². The number of hydrogen-bond donors (Lipinski definition) is 0. The molecule has 0 spiro atoms. The minimum atomic E-state index is -0.478. The first-order chi connectivity index (χ1) is 7.20. The van der Waals surface area contributed by atoms with Crippen molar-refractivity contribution in [3.05, 3.63) is 46.2 Å². The zero-order valence-corrected chi connectivity index (χ0v) is 8.01. The lowest BCUT2D eigenvalue weighted by Crippen LogP contribution is -1.90. The van der Waals surface area contributed by atoms with Crippen molar-refractivity contribution in [1.29, 1.82) is 0 Å². The maximum atomic E-state index is 10.8. The second-order valence-electron chi connectivity index (χ2n) is 3.06. The predicted molar refractivity (Wildman–Crippen MR) is 53.3 cm³/mol. The molecule has 2 rings (SSSR count). The van der Waals surface area contributed by atoms with E-state index in [1.807, 2.05) is 6.07 Å². The van der Waals surface area contributed by atoms with E-state index in [0.29, 0.717) is 5.56 Å². The molecule has 5 heteroatoms. The maximum Gasteiger partial charge on any atom is 0.339 e. The van der Waals surface area contributed by atoms with Crippen molar-refractivity contribution < 1.29 is 9.45 Å². The Morgan fingerprint density at radius 2 is 2.00 bits per heavy atom. The van der Waals surface area contributed by atoms with Crippen molar-refractivity contribution >= 4 is 5.69 Å². The van der Waals surface area contributed by atoms with Crippen LogP contribution in [0.5, 0.6) is 0 Å². The number of hydrogen-bond acceptors (Lipinski definition) is 4. The molecule has 1 heterocycles. The van der Waals surface area contributed by atoms with Crippen LogP contribution in [-0.2, 0) is 0 Å². The van der Waals surface area contributed by atoms with Gasteiger partial charge < -0.3 is 4.52 Å². The molecule has 15 heavy (non-hydrogen) atoms. The van der Waals surface area contributed by atoms with E-state index in [0.717, 1.165) is 0 Å². The zero-order valence-electron chi connectivity index (χ0n) is 8.01. The first-order valence-corrected chi connectivity index (χ1v) is 4.36. The van der Waals surface area contributed by atoms with Gasteiger partial charge in [-0.25, -0.2) is 0 Å². The van der Waals surface area contributed by atoms with Crippen molar-refractivity contribution in [2.24, 2.45) is 0 Å². The van der Waals surface area contributed by atoms with Gasteiger partial charge in [-0.3, -0.25) is 10.1 Å². The van der Waals surface area contributed by atoms with Gasteiger partial charge in [0.1, 0.15) is 0 Å². The molecule has 0 aliphatic heterocycles. The molecule has 0 unspecified atom stereocenters. The summed E-state index contributed by atoms with van der Waals surface area (Å²) in [5.41, 5.74) is 0.889. The van der Waals surface area contributed by atoms with Crippen molar-refractivity contribution in [1.82, 2.24) is 5.16 Å². The molecule has 0 atom stereocenters. The van der Waals surface area contributed by atoms with E-state index in [4.69, 9.17) is 4.52 Å². The van der Waals surface area contributed by atoms with Crippen LogP contribution >= 0.6 is 0 Å². The summed E-state index contributed by atoms with van der Waals surface area (Å²) in [6.45, 7) is 1.53. The quantitative estimate of drug-likeness (QED) is 0.556. The van der Waals surface area contributed by atoms with Crippen molar-refractivity contribution in [2.75, 3.05) is 0 Å². The lowest BCUT2D eigenvalue weighted by Gasteiger charge is -1.93. The SMILES string of the molecule is Cc1onc(-c2ccccc2)c1[N+](=O)[O-]. The van der Waals surface area contributed by atoms with Crippen LogP contribution in [0.25, 0.3) is 11.3 Å². The molecule has 5 nitrogen and oxygen atoms in total. The molecule has 0 bridgehead atoms. The number of nitro groups is 1. The topological polar surface area (TPSA) is 69.2 Å². The van der Waals surface area contributed by atoms with Gasteiger partial charge in [0.15, 0.2) is 5.69 Å². The number of aromatic nitrogens is 1. The molecule has 0 fully saturated rings. The highest BCUT2D eigenvalue weighted by molar-refractivity contribution is 5.69. The maximum absolute atomic E-state index is 10.8. The van der Waals surface area contributed by atoms with Gasteiger partial charge in [0, 0.05) is 12.5 Å². The van der Waals surface area contributed by atoms with Gasteiger partial charge >= 0.3 is 5.69 Å². The fourth-order valence-corrected chi connectivity index (χ4v) is 1.37. The zero-order chi connectivity index (χ0) is 10.8. The fraction of sp³-hybridized carbons (Fsp3) is 0.100. The van der Waals surface area contributed by atoms with Crippen molar-refractivity contribution in [3.8, 4) is 11.3 Å². The molecule has 2 aromatic rings. The van der Waals surface area contributed by atoms with E-state index in [2.05, 4.69) is 5.16 Å². The Morgan fingerprint density at radius 3 is 2.60 bits per heavy atom. The van der Waals surface area contributed by atoms with Crippen LogP contribution in [-0.4, -0.2) is 10.1 Å². The van der Waals surface area contributed by atoms with Gasteiger partial charge in [-0.2, -0.15) is 0 Å². The molecular formula is C10H8N2O3. The van der Waals surface area contributed by atoms with Crippen LogP contribution in [0.2, 0.25) is 0 Å². The fourth-order valence-electron chi connectivity index (χ4n) is 1.37. The van der Waals surface area contributed by atoms with Gasteiger partial charge in [-0.15, -0.1) is 0 Å². The number of nitrogens with zero attached hydrogens (tertiary/aromatic N) is 2. The summed E-state index contributed by atoms with van der Waals surface area (Å²) < 4.78 is 4.82. The van der Waals surface area contributed by atoms with E-state index < -0.39 is 4.92 Å². The summed E-state index contributed by atoms with van der Waals surface area (Å²) in [6.07, 6.45) is 0. The molecule has 1 aromatic heterocycles. The summed E-state index contributed by atoms with van der Waals surface area (Å²) in [5, 5.41) is 14.5. The summed E-state index contributed by atoms with van der Waals surface area (Å²) in [7, 11) is 0. The highest BCUT2D eigenvalue weighted by atomic mass is 16.6. The Labute approximate surface area is 85.5 Å². The summed E-state index contributed by atoms with van der Waals surface area (Å²) in [6, 6.07) is 8.93. The highest BCUT2D eigenvalue weighted by Gasteiger charge is 2.24. The standard InChI is InChI=1S/C10H8N2O3/c1-7-10(12(13)14)9(11-15-7)8-5-3-2-4-6-8/h2-6H,1H3. The normalized spacial score (nSPS) is 10.2. The Kier molecular flexibility index (Phi) is 2.21. The van der Waals surface area contributed by atoms with Gasteiger partial charge in [-0.1, -0.05) is 35.5 Å². The second kappa shape index (κ2) is 3.53. The lowest BCUT2D eigenvalue weighted by molar-refractivity contribution is -0.385. The molecule has 1 aromatic carbocycles. The average Bonchev–Trinajstić information content (AvgIpc) is 2.61. The molecule has 76 valence electrons. The first kappa shape index (κ1) is 9.39. The predicted octanol–water partition coefficient (Wildman–Crippen LogP) is 2.56. The molecule has 0 aliphatic carbocycles. The van der Waals surface area contributed by atoms with Gasteiger partial charge in [-0.05, 0) is 0 Å². The third-order valence-electron chi connectivity index (χ3n) is 2.06. The van der Waals surface area contributed by atoms with Crippen molar-refractivity contribution in [3.63, 3.8) is 0 Å². The molecule has 0 radical (unpaired) electrons. The smallest absolute Gasteiger partial charge is 0.339 e. The summed E-state index contributed by atoms with van der Waals surface area (Å²) in [5.74, 6) is 0.221. The Morgan fingerprint density at radius 1 is 1.33 bits per heavy atom. The van der Waals surface area contributed by atoms with E-state index in [1.165, 1.54) is 6.92 Å². The first-order valence-electron chi connectivity index (χ1n) is 4.36. The van der Waals surface area contributed by atoms with Gasteiger partial charge in [0.05, 0.1) is 4.92 Å². The number of benzene rings is 1. The van der Waals surface area contributed by atoms with Gasteiger partial charge in [0.25, 0.3) is 0 Å². The molecule has 0 saturated heterocycles. The Hall–Kier alpha value is -2.17. The van der Waals surface area contributed by atoms with E-state index >= 15 is 0 Å². The van der Waals surface area contributed by atoms with Gasteiger partial charge in [0.2, 0.25) is 5.76 Å². The lowest BCUT2D eigenvalue weighted by atomic mass is 10.1. The minimum Gasteiger partial charge on any atom is -0.354 e. The third kappa shape index (κ3) is 1.59. The third-order valence-corrected chi connectivity index (χ3v) is 2.06. The van der Waals surface area contributed by atoms with E-state index in [-0.39, 0.29) is 17.1 Å². The summed E-state index contributed by atoms with van der Waals surface area (Å²) >= 11 is 0. The summed E-state index contributed by atoms with van der Waals surface area (Å²) in [4.78, 5) is 10.3. The second-order valence-corrected chi connectivity index (χ2v) is 3.06. The molecular weight excluding hydrogens is 196 g/mol. The van der Waals surface area contributed by atoms with Crippen LogP contribution < -0.4 is 0 Å². The molecule has 0 N–H and O–H groups in total. The largest absolute Gasteiger partial charge is 0.354 e. The monoisotopic (exact) mass is 204 g/mol. The van der Waals surface area contributed by atoms with Crippen LogP contribution in [0.15, 0.2) is 34.9 Å². The molecule has 0 aliphatic rings.